The van der Waals surface area contributed by atoms with Gasteiger partial charge < -0.3 is 10.6 Å². The third kappa shape index (κ3) is 6.30. The largest absolute Gasteiger partial charge is 0.421 e. The number of anilines is 4. The average molecular weight is 477 g/mol. The molecule has 0 aliphatic rings. The van der Waals surface area contributed by atoms with Crippen molar-refractivity contribution in [3.8, 4) is 6.07 Å². The van der Waals surface area contributed by atoms with Gasteiger partial charge in [-0.3, -0.25) is 4.72 Å². The topological polar surface area (TPSA) is 133 Å². The van der Waals surface area contributed by atoms with E-state index in [1.54, 1.807) is 18.2 Å². The highest BCUT2D eigenvalue weighted by atomic mass is 32.2. The summed E-state index contributed by atoms with van der Waals surface area (Å²) in [5.74, 6) is -0.827. The molecule has 0 fully saturated rings. The van der Waals surface area contributed by atoms with Gasteiger partial charge in [-0.05, 0) is 31.2 Å². The van der Waals surface area contributed by atoms with Crippen LogP contribution in [0.15, 0.2) is 48.8 Å². The maximum atomic E-state index is 13.5. The lowest BCUT2D eigenvalue weighted by molar-refractivity contribution is -0.137. The molecule has 9 nitrogen and oxygen atoms in total. The second-order valence-corrected chi connectivity index (χ2v) is 8.65. The van der Waals surface area contributed by atoms with E-state index in [0.29, 0.717) is 23.0 Å². The van der Waals surface area contributed by atoms with Gasteiger partial charge in [0.25, 0.3) is 0 Å². The van der Waals surface area contributed by atoms with Crippen molar-refractivity contribution >= 4 is 33.3 Å². The summed E-state index contributed by atoms with van der Waals surface area (Å²) in [6.45, 7) is 1.25. The number of benzene rings is 1. The highest BCUT2D eigenvalue weighted by Gasteiger charge is 2.35. The number of nitriles is 1. The van der Waals surface area contributed by atoms with Crippen LogP contribution in [0.25, 0.3) is 0 Å². The predicted octanol–water partition coefficient (Wildman–Crippen LogP) is 3.88. The van der Waals surface area contributed by atoms with E-state index in [9.17, 15) is 21.6 Å². The van der Waals surface area contributed by atoms with E-state index >= 15 is 0 Å². The minimum Gasteiger partial charge on any atom is -0.365 e. The quantitative estimate of drug-likeness (QED) is 0.445. The minimum absolute atomic E-state index is 0.00105. The molecule has 0 radical (unpaired) electrons. The van der Waals surface area contributed by atoms with Crippen molar-refractivity contribution in [2.75, 3.05) is 21.1 Å². The van der Waals surface area contributed by atoms with E-state index in [0.717, 1.165) is 0 Å². The minimum atomic E-state index is -4.73. The van der Waals surface area contributed by atoms with E-state index in [2.05, 4.69) is 30.3 Å². The van der Waals surface area contributed by atoms with E-state index in [1.807, 2.05) is 6.07 Å². The Hall–Kier alpha value is -3.92. The van der Waals surface area contributed by atoms with Crippen molar-refractivity contribution in [3.63, 3.8) is 0 Å². The summed E-state index contributed by atoms with van der Waals surface area (Å²) in [6, 6.07) is 11.3. The van der Waals surface area contributed by atoms with Crippen LogP contribution < -0.4 is 15.4 Å². The van der Waals surface area contributed by atoms with E-state index in [1.165, 1.54) is 31.3 Å². The number of aromatic nitrogens is 3. The standard InChI is InChI=1S/C20H18F3N7O2S/c1-2-33(31,32)30-17-14(6-4-8-25-17)11-26-18-16(20(21,22)23)12-27-19(29-18)28-15-7-3-5-13(9-15)10-24/h3-9,12H,2,11H2,1H3,(H,25,30)(H2,26,27,28,29). The molecule has 0 aliphatic heterocycles. The number of nitrogens with one attached hydrogen (secondary N) is 3. The molecule has 2 aromatic heterocycles. The van der Waals surface area contributed by atoms with Gasteiger partial charge in [0.1, 0.15) is 17.2 Å². The SMILES string of the molecule is CCS(=O)(=O)Nc1ncccc1CNc1nc(Nc2cccc(C#N)c2)ncc1C(F)(F)F. The van der Waals surface area contributed by atoms with E-state index in [-0.39, 0.29) is 24.1 Å². The van der Waals surface area contributed by atoms with Crippen LogP contribution in [0.1, 0.15) is 23.6 Å². The number of alkyl halides is 3. The van der Waals surface area contributed by atoms with Crippen LogP contribution in [0.3, 0.4) is 0 Å². The maximum Gasteiger partial charge on any atom is 0.421 e. The second-order valence-electron chi connectivity index (χ2n) is 6.64. The van der Waals surface area contributed by atoms with Gasteiger partial charge in [-0.1, -0.05) is 12.1 Å². The summed E-state index contributed by atoms with van der Waals surface area (Å²) >= 11 is 0. The second kappa shape index (κ2) is 9.70. The average Bonchev–Trinajstić information content (AvgIpc) is 2.78. The fourth-order valence-electron chi connectivity index (χ4n) is 2.65. The van der Waals surface area contributed by atoms with Gasteiger partial charge >= 0.3 is 6.18 Å². The van der Waals surface area contributed by atoms with Gasteiger partial charge in [0.15, 0.2) is 0 Å². The van der Waals surface area contributed by atoms with Gasteiger partial charge in [0, 0.05) is 30.2 Å². The lowest BCUT2D eigenvalue weighted by Crippen LogP contribution is -2.18. The molecular weight excluding hydrogens is 459 g/mol. The first-order chi connectivity index (χ1) is 15.6. The Bertz CT molecular complexity index is 1290. The molecule has 3 N–H and O–H groups in total. The van der Waals surface area contributed by atoms with Crippen LogP contribution in [0, 0.1) is 11.3 Å². The number of sulfonamides is 1. The van der Waals surface area contributed by atoms with Crippen molar-refractivity contribution in [1.29, 1.82) is 5.26 Å². The number of hydrogen-bond acceptors (Lipinski definition) is 8. The molecule has 0 atom stereocenters. The third-order valence-electron chi connectivity index (χ3n) is 4.31. The lowest BCUT2D eigenvalue weighted by atomic mass is 10.2. The van der Waals surface area contributed by atoms with Crippen LogP contribution in [0.2, 0.25) is 0 Å². The smallest absolute Gasteiger partial charge is 0.365 e. The van der Waals surface area contributed by atoms with Gasteiger partial charge in [-0.2, -0.15) is 23.4 Å². The molecule has 0 amide bonds. The summed E-state index contributed by atoms with van der Waals surface area (Å²) in [5, 5.41) is 14.3. The Morgan fingerprint density at radius 1 is 1.12 bits per heavy atom. The van der Waals surface area contributed by atoms with Crippen LogP contribution >= 0.6 is 0 Å². The fraction of sp³-hybridized carbons (Fsp3) is 0.200. The summed E-state index contributed by atoms with van der Waals surface area (Å²) in [6.07, 6.45) is -2.74. The first-order valence-corrected chi connectivity index (χ1v) is 11.2. The molecule has 172 valence electrons. The number of rotatable bonds is 8. The molecular formula is C20H18F3N7O2S. The molecule has 0 aliphatic carbocycles. The molecule has 0 saturated heterocycles. The zero-order valence-electron chi connectivity index (χ0n) is 17.2. The summed E-state index contributed by atoms with van der Waals surface area (Å²) in [7, 11) is -3.64. The Morgan fingerprint density at radius 2 is 1.91 bits per heavy atom. The van der Waals surface area contributed by atoms with Crippen molar-refractivity contribution < 1.29 is 21.6 Å². The molecule has 0 spiro atoms. The first kappa shape index (κ1) is 23.7. The summed E-state index contributed by atoms with van der Waals surface area (Å²) in [4.78, 5) is 11.6. The molecule has 13 heteroatoms. The Labute approximate surface area is 187 Å². The van der Waals surface area contributed by atoms with Crippen LogP contribution in [0.4, 0.5) is 36.4 Å². The predicted molar refractivity (Wildman–Crippen MR) is 116 cm³/mol. The van der Waals surface area contributed by atoms with Gasteiger partial charge in [0.2, 0.25) is 16.0 Å². The number of nitrogens with zero attached hydrogens (tertiary/aromatic N) is 4. The van der Waals surface area contributed by atoms with E-state index < -0.39 is 27.6 Å². The highest BCUT2D eigenvalue weighted by Crippen LogP contribution is 2.34. The van der Waals surface area contributed by atoms with Crippen LogP contribution in [-0.2, 0) is 22.7 Å². The molecule has 0 unspecified atom stereocenters. The Kier molecular flexibility index (Phi) is 6.98. The highest BCUT2D eigenvalue weighted by molar-refractivity contribution is 7.92. The fourth-order valence-corrected chi connectivity index (χ4v) is 3.27. The third-order valence-corrected chi connectivity index (χ3v) is 5.58. The molecule has 0 saturated carbocycles. The molecule has 33 heavy (non-hydrogen) atoms. The zero-order chi connectivity index (χ0) is 24.1. The number of pyridine rings is 1. The van der Waals surface area contributed by atoms with Crippen LogP contribution in [-0.4, -0.2) is 29.1 Å². The normalized spacial score (nSPS) is 11.5. The van der Waals surface area contributed by atoms with Crippen molar-refractivity contribution in [2.45, 2.75) is 19.6 Å². The maximum absolute atomic E-state index is 13.5. The van der Waals surface area contributed by atoms with Gasteiger partial charge in [-0.15, -0.1) is 0 Å². The molecule has 3 aromatic rings. The molecule has 1 aromatic carbocycles. The Balaban J connectivity index is 1.89. The lowest BCUT2D eigenvalue weighted by Gasteiger charge is -2.16. The number of hydrogen-bond donors (Lipinski definition) is 3. The summed E-state index contributed by atoms with van der Waals surface area (Å²) in [5.41, 5.74) is -0.0110. The zero-order valence-corrected chi connectivity index (χ0v) is 18.0. The number of halogens is 3. The molecule has 3 rings (SSSR count). The van der Waals surface area contributed by atoms with Gasteiger partial charge in [0.05, 0.1) is 17.4 Å². The van der Waals surface area contributed by atoms with Crippen molar-refractivity contribution in [1.82, 2.24) is 15.0 Å². The monoisotopic (exact) mass is 477 g/mol. The van der Waals surface area contributed by atoms with Crippen molar-refractivity contribution in [3.05, 3.63) is 65.5 Å². The van der Waals surface area contributed by atoms with Gasteiger partial charge in [-0.25, -0.2) is 18.4 Å². The summed E-state index contributed by atoms with van der Waals surface area (Å²) < 4.78 is 66.5. The molecule has 0 bridgehead atoms. The van der Waals surface area contributed by atoms with Crippen molar-refractivity contribution in [2.24, 2.45) is 0 Å². The first-order valence-electron chi connectivity index (χ1n) is 9.51. The molecule has 2 heterocycles. The Morgan fingerprint density at radius 3 is 2.61 bits per heavy atom. The van der Waals surface area contributed by atoms with E-state index in [4.69, 9.17) is 5.26 Å². The van der Waals surface area contributed by atoms with Crippen LogP contribution in [0.5, 0.6) is 0 Å².